The summed E-state index contributed by atoms with van der Waals surface area (Å²) in [6, 6.07) is 2.06. The van der Waals surface area contributed by atoms with E-state index in [1.165, 1.54) is 14.2 Å². The first-order valence-electron chi connectivity index (χ1n) is 6.66. The molecule has 1 aliphatic carbocycles. The molecular weight excluding hydrogens is 295 g/mol. The second-order valence-corrected chi connectivity index (χ2v) is 5.49. The van der Waals surface area contributed by atoms with E-state index in [1.54, 1.807) is 6.92 Å². The van der Waals surface area contributed by atoms with Crippen LogP contribution in [-0.4, -0.2) is 37.4 Å². The molecule has 0 bridgehead atoms. The van der Waals surface area contributed by atoms with Crippen LogP contribution in [0.3, 0.4) is 0 Å². The maximum absolute atomic E-state index is 13.9. The number of carboxylic acids is 1. The number of carbonyl (C=O) groups is 2. The van der Waals surface area contributed by atoms with Gasteiger partial charge in [0.05, 0.1) is 19.6 Å². The topological polar surface area (TPSA) is 82.1 Å². The Kier molecular flexibility index (Phi) is 4.25. The summed E-state index contributed by atoms with van der Waals surface area (Å²) < 4.78 is 28.9. The van der Waals surface area contributed by atoms with Crippen molar-refractivity contribution in [3.05, 3.63) is 23.5 Å². The van der Waals surface area contributed by atoms with Gasteiger partial charge in [0.2, 0.25) is 0 Å². The molecule has 120 valence electrons. The van der Waals surface area contributed by atoms with E-state index >= 15 is 0 Å². The van der Waals surface area contributed by atoms with Gasteiger partial charge in [0.1, 0.15) is 17.4 Å². The first-order valence-corrected chi connectivity index (χ1v) is 6.66. The number of methoxy groups -OCH3 is 2. The average Bonchev–Trinajstić information content (AvgIpc) is 2.45. The predicted octanol–water partition coefficient (Wildman–Crippen LogP) is 2.25. The lowest BCUT2D eigenvalue weighted by Crippen LogP contribution is -2.47. The van der Waals surface area contributed by atoms with Crippen LogP contribution in [0.2, 0.25) is 0 Å². The zero-order chi connectivity index (χ0) is 16.5. The molecule has 0 aromatic heterocycles. The van der Waals surface area contributed by atoms with Gasteiger partial charge < -0.3 is 19.3 Å². The van der Waals surface area contributed by atoms with Crippen LogP contribution >= 0.6 is 0 Å². The Bertz CT molecular complexity index is 606. The van der Waals surface area contributed by atoms with Crippen LogP contribution in [0.5, 0.6) is 11.5 Å². The number of benzene rings is 1. The van der Waals surface area contributed by atoms with Crippen molar-refractivity contribution in [2.75, 3.05) is 14.2 Å². The predicted molar refractivity (Wildman–Crippen MR) is 73.7 cm³/mol. The van der Waals surface area contributed by atoms with Gasteiger partial charge in [-0.05, 0) is 6.92 Å². The maximum Gasteiger partial charge on any atom is 0.339 e. The minimum absolute atomic E-state index is 0.0784. The van der Waals surface area contributed by atoms with Crippen molar-refractivity contribution in [3.8, 4) is 11.5 Å². The fourth-order valence-electron chi connectivity index (χ4n) is 2.58. The van der Waals surface area contributed by atoms with E-state index in [9.17, 15) is 14.0 Å². The van der Waals surface area contributed by atoms with Gasteiger partial charge >= 0.3 is 11.9 Å². The van der Waals surface area contributed by atoms with Crippen LogP contribution in [0.25, 0.3) is 0 Å². The number of carbonyl (C=O) groups excluding carboxylic acids is 1. The molecule has 22 heavy (non-hydrogen) atoms. The van der Waals surface area contributed by atoms with E-state index in [0.29, 0.717) is 12.8 Å². The highest BCUT2D eigenvalue weighted by Gasteiger charge is 2.48. The molecule has 1 aliphatic rings. The van der Waals surface area contributed by atoms with E-state index in [0.717, 1.165) is 12.1 Å². The number of hydrogen-bond donors (Lipinski definition) is 1. The molecule has 1 aromatic carbocycles. The molecule has 6 nitrogen and oxygen atoms in total. The Morgan fingerprint density at radius 2 is 1.91 bits per heavy atom. The van der Waals surface area contributed by atoms with Gasteiger partial charge in [0.25, 0.3) is 0 Å². The third-order valence-corrected chi connectivity index (χ3v) is 3.81. The summed E-state index contributed by atoms with van der Waals surface area (Å²) in [5.41, 5.74) is -0.827. The number of rotatable bonds is 5. The maximum atomic E-state index is 13.9. The summed E-state index contributed by atoms with van der Waals surface area (Å²) in [4.78, 5) is 22.7. The minimum atomic E-state index is -1.24. The van der Waals surface area contributed by atoms with Gasteiger partial charge in [-0.3, -0.25) is 4.79 Å². The summed E-state index contributed by atoms with van der Waals surface area (Å²) in [6.45, 7) is 1.74. The third-order valence-electron chi connectivity index (χ3n) is 3.81. The van der Waals surface area contributed by atoms with Crippen molar-refractivity contribution in [3.63, 3.8) is 0 Å². The summed E-state index contributed by atoms with van der Waals surface area (Å²) in [7, 11) is 2.57. The van der Waals surface area contributed by atoms with Crippen molar-refractivity contribution in [2.45, 2.75) is 25.9 Å². The van der Waals surface area contributed by atoms with E-state index in [-0.39, 0.29) is 29.1 Å². The van der Waals surface area contributed by atoms with Crippen LogP contribution < -0.4 is 9.47 Å². The van der Waals surface area contributed by atoms with Crippen molar-refractivity contribution in [1.29, 1.82) is 0 Å². The van der Waals surface area contributed by atoms with Crippen LogP contribution in [0.15, 0.2) is 12.1 Å². The highest BCUT2D eigenvalue weighted by Crippen LogP contribution is 2.44. The Morgan fingerprint density at radius 3 is 2.41 bits per heavy atom. The molecule has 0 spiro atoms. The molecule has 0 radical (unpaired) electrons. The van der Waals surface area contributed by atoms with Crippen molar-refractivity contribution >= 4 is 11.9 Å². The zero-order valence-electron chi connectivity index (χ0n) is 12.5. The monoisotopic (exact) mass is 312 g/mol. The average molecular weight is 312 g/mol. The third kappa shape index (κ3) is 2.84. The van der Waals surface area contributed by atoms with Gasteiger partial charge in [-0.25, -0.2) is 9.18 Å². The van der Waals surface area contributed by atoms with Crippen molar-refractivity contribution < 1.29 is 33.3 Å². The van der Waals surface area contributed by atoms with Crippen LogP contribution in [0.1, 0.15) is 30.1 Å². The summed E-state index contributed by atoms with van der Waals surface area (Å²) in [6.07, 6.45) is 0.398. The summed E-state index contributed by atoms with van der Waals surface area (Å²) in [5.74, 6) is -2.54. The van der Waals surface area contributed by atoms with Crippen molar-refractivity contribution in [2.24, 2.45) is 5.41 Å². The van der Waals surface area contributed by atoms with Crippen LogP contribution in [0.4, 0.5) is 4.39 Å². The Hall–Kier alpha value is -2.31. The van der Waals surface area contributed by atoms with Gasteiger partial charge in [-0.2, -0.15) is 0 Å². The normalized spacial score (nSPS) is 23.4. The molecule has 1 aromatic rings. The van der Waals surface area contributed by atoms with Crippen LogP contribution in [-0.2, 0) is 9.53 Å². The molecular formula is C15H17FO6. The molecule has 7 heteroatoms. The highest BCUT2D eigenvalue weighted by molar-refractivity contribution is 5.91. The smallest absolute Gasteiger partial charge is 0.339 e. The van der Waals surface area contributed by atoms with E-state index in [4.69, 9.17) is 19.3 Å². The van der Waals surface area contributed by atoms with Crippen molar-refractivity contribution in [1.82, 2.24) is 0 Å². The second-order valence-electron chi connectivity index (χ2n) is 5.49. The molecule has 0 unspecified atom stereocenters. The fourth-order valence-corrected chi connectivity index (χ4v) is 2.58. The Morgan fingerprint density at radius 1 is 1.27 bits per heavy atom. The lowest BCUT2D eigenvalue weighted by Gasteiger charge is -2.42. The van der Waals surface area contributed by atoms with E-state index in [1.807, 2.05) is 0 Å². The fraction of sp³-hybridized carbons (Fsp3) is 0.467. The van der Waals surface area contributed by atoms with Gasteiger partial charge in [-0.1, -0.05) is 0 Å². The molecule has 1 N–H and O–H groups in total. The molecule has 0 saturated heterocycles. The molecule has 1 saturated carbocycles. The van der Waals surface area contributed by atoms with E-state index in [2.05, 4.69) is 0 Å². The number of ether oxygens (including phenoxy) is 3. The number of aromatic carboxylic acids is 1. The first-order chi connectivity index (χ1) is 10.3. The Labute approximate surface area is 126 Å². The lowest BCUT2D eigenvalue weighted by atomic mass is 9.68. The lowest BCUT2D eigenvalue weighted by molar-refractivity contribution is -0.163. The Balaban J connectivity index is 2.13. The van der Waals surface area contributed by atoms with E-state index < -0.39 is 17.2 Å². The first kappa shape index (κ1) is 16.1. The standard InChI is InChI=1S/C15H17FO6/c1-15(14(19)21-3)6-8(7-15)22-12-4-9(13(17)18)11(20-2)5-10(12)16/h4-5,8H,6-7H2,1-3H3,(H,17,18). The molecule has 0 amide bonds. The molecule has 0 atom stereocenters. The number of carboxylic acid groups (broad SMARTS) is 1. The molecule has 1 fully saturated rings. The SMILES string of the molecule is COC(=O)C1(C)CC(Oc2cc(C(=O)O)c(OC)cc2F)C1. The van der Waals surface area contributed by atoms with Gasteiger partial charge in [0.15, 0.2) is 11.6 Å². The number of esters is 1. The second kappa shape index (κ2) is 5.82. The quantitative estimate of drug-likeness (QED) is 0.840. The molecule has 0 aliphatic heterocycles. The van der Waals surface area contributed by atoms with Crippen LogP contribution in [0, 0.1) is 11.2 Å². The van der Waals surface area contributed by atoms with Gasteiger partial charge in [0, 0.05) is 25.0 Å². The zero-order valence-corrected chi connectivity index (χ0v) is 12.5. The number of hydrogen-bond acceptors (Lipinski definition) is 5. The molecule has 0 heterocycles. The largest absolute Gasteiger partial charge is 0.496 e. The highest BCUT2D eigenvalue weighted by atomic mass is 19.1. The van der Waals surface area contributed by atoms with Gasteiger partial charge in [-0.15, -0.1) is 0 Å². The summed E-state index contributed by atoms with van der Waals surface area (Å²) >= 11 is 0. The number of halogens is 1. The minimum Gasteiger partial charge on any atom is -0.496 e. The summed E-state index contributed by atoms with van der Waals surface area (Å²) in [5, 5.41) is 9.09. The molecule has 2 rings (SSSR count).